The zero-order valence-electron chi connectivity index (χ0n) is 22.1. The van der Waals surface area contributed by atoms with Gasteiger partial charge in [0.25, 0.3) is 0 Å². The third-order valence-corrected chi connectivity index (χ3v) is 11.1. The molecule has 8 heteroatoms. The van der Waals surface area contributed by atoms with Gasteiger partial charge in [0.15, 0.2) is 8.32 Å². The van der Waals surface area contributed by atoms with Crippen molar-refractivity contribution in [3.8, 4) is 0 Å². The maximum Gasteiger partial charge on any atom is 0.496 e. The van der Waals surface area contributed by atoms with E-state index in [4.69, 9.17) is 18.5 Å². The van der Waals surface area contributed by atoms with Crippen LogP contribution in [0.5, 0.6) is 0 Å². The summed E-state index contributed by atoms with van der Waals surface area (Å²) in [5.41, 5.74) is 0.772. The molecule has 0 aromatic heterocycles. The molecular weight excluding hydrogens is 421 g/mol. The number of ether oxygens (including phenoxy) is 1. The summed E-state index contributed by atoms with van der Waals surface area (Å²) in [6, 6.07) is 5.88. The number of carbonyl (C=O) groups excluding carboxylic acids is 1. The van der Waals surface area contributed by atoms with Crippen LogP contribution in [-0.2, 0) is 25.1 Å². The smallest absolute Gasteiger partial charge is 0.444 e. The molecule has 0 unspecified atom stereocenters. The summed E-state index contributed by atoms with van der Waals surface area (Å²) in [5, 5.41) is 3.02. The molecule has 0 atom stereocenters. The lowest BCUT2D eigenvalue weighted by Crippen LogP contribution is -2.41. The Morgan fingerprint density at radius 1 is 1.03 bits per heavy atom. The summed E-state index contributed by atoms with van der Waals surface area (Å²) in [5.74, 6) is 0. The van der Waals surface area contributed by atoms with E-state index in [-0.39, 0.29) is 5.04 Å². The van der Waals surface area contributed by atoms with Gasteiger partial charge in [-0.2, -0.15) is 0 Å². The molecule has 1 aliphatic rings. The lowest BCUT2D eigenvalue weighted by Gasteiger charge is -2.36. The Balaban J connectivity index is 2.34. The van der Waals surface area contributed by atoms with Crippen LogP contribution >= 0.6 is 0 Å². The molecule has 1 heterocycles. The van der Waals surface area contributed by atoms with Crippen LogP contribution in [0.1, 0.15) is 74.8 Å². The molecular formula is C24H42BNO5Si. The minimum absolute atomic E-state index is 0.118. The fourth-order valence-corrected chi connectivity index (χ4v) is 3.83. The lowest BCUT2D eigenvalue weighted by atomic mass is 9.77. The van der Waals surface area contributed by atoms with Crippen molar-refractivity contribution in [1.82, 2.24) is 0 Å². The molecule has 1 saturated heterocycles. The van der Waals surface area contributed by atoms with E-state index >= 15 is 0 Å². The topological polar surface area (TPSA) is 66.0 Å². The van der Waals surface area contributed by atoms with Crippen LogP contribution in [-0.4, -0.2) is 38.3 Å². The number of rotatable bonds is 5. The Bertz CT molecular complexity index is 824. The SMILES string of the molecule is CC(C)(C)OC(=O)Nc1cc(CO[Si](C)(C)C(C)(C)C)ccc1B1OC(C)(C)C(C)(C)O1. The highest BCUT2D eigenvalue weighted by atomic mass is 28.4. The largest absolute Gasteiger partial charge is 0.496 e. The van der Waals surface area contributed by atoms with Gasteiger partial charge < -0.3 is 18.5 Å². The molecule has 0 aliphatic carbocycles. The molecule has 2 rings (SSSR count). The van der Waals surface area contributed by atoms with Crippen molar-refractivity contribution in [2.75, 3.05) is 5.32 Å². The molecule has 0 radical (unpaired) electrons. The molecule has 0 bridgehead atoms. The fraction of sp³-hybridized carbons (Fsp3) is 0.708. The normalized spacial score (nSPS) is 18.6. The Morgan fingerprint density at radius 2 is 1.56 bits per heavy atom. The van der Waals surface area contributed by atoms with Crippen LogP contribution in [0.3, 0.4) is 0 Å². The van der Waals surface area contributed by atoms with Crippen LogP contribution in [0, 0.1) is 0 Å². The van der Waals surface area contributed by atoms with Crippen molar-refractivity contribution >= 4 is 32.7 Å². The van der Waals surface area contributed by atoms with E-state index in [2.05, 4.69) is 39.2 Å². The quantitative estimate of drug-likeness (QED) is 0.555. The van der Waals surface area contributed by atoms with E-state index in [1.807, 2.05) is 66.7 Å². The number of amides is 1. The Labute approximate surface area is 196 Å². The molecule has 0 spiro atoms. The van der Waals surface area contributed by atoms with Gasteiger partial charge in [0, 0.05) is 11.2 Å². The summed E-state index contributed by atoms with van der Waals surface area (Å²) in [7, 11) is -2.50. The first-order valence-corrected chi connectivity index (χ1v) is 14.3. The molecule has 1 fully saturated rings. The van der Waals surface area contributed by atoms with Crippen molar-refractivity contribution in [2.45, 2.75) is 111 Å². The fourth-order valence-electron chi connectivity index (χ4n) is 2.87. The second kappa shape index (κ2) is 8.78. The molecule has 0 saturated carbocycles. The molecule has 6 nitrogen and oxygen atoms in total. The summed E-state index contributed by atoms with van der Waals surface area (Å²) in [4.78, 5) is 12.6. The number of benzene rings is 1. The first kappa shape index (κ1) is 26.9. The van der Waals surface area contributed by atoms with Crippen molar-refractivity contribution in [3.05, 3.63) is 23.8 Å². The summed E-state index contributed by atoms with van der Waals surface area (Å²) < 4.78 is 24.3. The molecule has 1 amide bonds. The van der Waals surface area contributed by atoms with Gasteiger partial charge in [-0.05, 0) is 78.2 Å². The molecule has 1 aromatic carbocycles. The standard InChI is InChI=1S/C24H42BNO5Si/c1-21(2,3)29-20(27)26-19-15-17(16-28-32(11,12)22(4,5)6)13-14-18(19)25-30-23(7,8)24(9,10)31-25/h13-15H,16H2,1-12H3,(H,26,27). The van der Waals surface area contributed by atoms with Crippen molar-refractivity contribution < 1.29 is 23.3 Å². The molecule has 1 N–H and O–H groups in total. The molecule has 180 valence electrons. The maximum absolute atomic E-state index is 12.6. The average Bonchev–Trinajstić information content (AvgIpc) is 2.78. The van der Waals surface area contributed by atoms with Crippen molar-refractivity contribution in [1.29, 1.82) is 0 Å². The Hall–Kier alpha value is -1.35. The average molecular weight is 464 g/mol. The first-order chi connectivity index (χ1) is 14.2. The lowest BCUT2D eigenvalue weighted by molar-refractivity contribution is 0.00578. The van der Waals surface area contributed by atoms with Gasteiger partial charge >= 0.3 is 13.2 Å². The van der Waals surface area contributed by atoms with Crippen LogP contribution in [0.15, 0.2) is 18.2 Å². The Kier molecular flexibility index (Phi) is 7.38. The zero-order valence-corrected chi connectivity index (χ0v) is 23.1. The first-order valence-electron chi connectivity index (χ1n) is 11.4. The second-order valence-corrected chi connectivity index (χ2v) is 17.0. The van der Waals surface area contributed by atoms with Gasteiger partial charge in [-0.15, -0.1) is 0 Å². The van der Waals surface area contributed by atoms with Crippen LogP contribution in [0.25, 0.3) is 0 Å². The maximum atomic E-state index is 12.6. The number of hydrogen-bond donors (Lipinski definition) is 1. The van der Waals surface area contributed by atoms with Crippen LogP contribution in [0.4, 0.5) is 10.5 Å². The zero-order chi connectivity index (χ0) is 24.8. The van der Waals surface area contributed by atoms with Gasteiger partial charge in [-0.1, -0.05) is 32.9 Å². The van der Waals surface area contributed by atoms with E-state index in [1.165, 1.54) is 0 Å². The van der Waals surface area contributed by atoms with Crippen molar-refractivity contribution in [3.63, 3.8) is 0 Å². The van der Waals surface area contributed by atoms with E-state index in [9.17, 15) is 4.79 Å². The summed E-state index contributed by atoms with van der Waals surface area (Å²) in [6.45, 7) is 25.1. The molecule has 1 aromatic rings. The highest BCUT2D eigenvalue weighted by Crippen LogP contribution is 2.38. The predicted molar refractivity (Wildman–Crippen MR) is 134 cm³/mol. The van der Waals surface area contributed by atoms with Crippen molar-refractivity contribution in [2.24, 2.45) is 0 Å². The summed E-state index contributed by atoms with van der Waals surface area (Å²) in [6.07, 6.45) is -0.516. The minimum Gasteiger partial charge on any atom is -0.444 e. The van der Waals surface area contributed by atoms with E-state index in [0.29, 0.717) is 12.3 Å². The highest BCUT2D eigenvalue weighted by molar-refractivity contribution is 6.74. The predicted octanol–water partition coefficient (Wildman–Crippen LogP) is 5.85. The van der Waals surface area contributed by atoms with E-state index in [0.717, 1.165) is 11.0 Å². The number of hydrogen-bond acceptors (Lipinski definition) is 5. The summed E-state index contributed by atoms with van der Waals surface area (Å²) >= 11 is 0. The van der Waals surface area contributed by atoms with Crippen LogP contribution < -0.4 is 10.8 Å². The molecule has 1 aliphatic heterocycles. The molecule has 32 heavy (non-hydrogen) atoms. The number of carbonyl (C=O) groups is 1. The highest BCUT2D eigenvalue weighted by Gasteiger charge is 2.52. The third-order valence-electron chi connectivity index (χ3n) is 6.67. The van der Waals surface area contributed by atoms with E-state index in [1.54, 1.807) is 0 Å². The van der Waals surface area contributed by atoms with Gasteiger partial charge in [-0.25, -0.2) is 4.79 Å². The third kappa shape index (κ3) is 6.37. The minimum atomic E-state index is -1.91. The van der Waals surface area contributed by atoms with Gasteiger partial charge in [0.05, 0.1) is 17.8 Å². The van der Waals surface area contributed by atoms with Gasteiger partial charge in [-0.3, -0.25) is 5.32 Å². The Morgan fingerprint density at radius 3 is 2.03 bits per heavy atom. The monoisotopic (exact) mass is 463 g/mol. The van der Waals surface area contributed by atoms with Crippen LogP contribution in [0.2, 0.25) is 18.1 Å². The van der Waals surface area contributed by atoms with Gasteiger partial charge in [0.2, 0.25) is 0 Å². The number of anilines is 1. The second-order valence-electron chi connectivity index (χ2n) is 12.2. The number of nitrogens with one attached hydrogen (secondary N) is 1. The van der Waals surface area contributed by atoms with E-state index < -0.39 is 38.3 Å². The van der Waals surface area contributed by atoms with Gasteiger partial charge in [0.1, 0.15) is 5.60 Å².